The number of ether oxygens (including phenoxy) is 1. The fourth-order valence-corrected chi connectivity index (χ4v) is 4.88. The van der Waals surface area contributed by atoms with E-state index in [1.165, 1.54) is 18.9 Å². The summed E-state index contributed by atoms with van der Waals surface area (Å²) in [5.74, 6) is -0.0718. The standard InChI is InChI=1S/C24H22ClN3O3S/c1-13-8-10-15(11-9-13)19-18(23(30)31-3)14(2)26-21-20(19)22(29)28-24(27-21)32-12-16-6-4-5-7-17(16)25/h4-11,19H,12H2,1-3H3,(H2,26,27,28,29). The first-order valence-electron chi connectivity index (χ1n) is 10.0. The fraction of sp³-hybridized carbons (Fsp3) is 0.208. The molecule has 0 saturated heterocycles. The molecule has 3 aromatic rings. The maximum atomic E-state index is 13.2. The van der Waals surface area contributed by atoms with Crippen LogP contribution in [0.2, 0.25) is 5.02 Å². The van der Waals surface area contributed by atoms with Crippen molar-refractivity contribution in [3.05, 3.63) is 97.4 Å². The molecular formula is C24H22ClN3O3S. The molecule has 1 unspecified atom stereocenters. The molecule has 0 spiro atoms. The topological polar surface area (TPSA) is 84.1 Å². The SMILES string of the molecule is COC(=O)C1=C(C)Nc2nc(SCc3ccccc3Cl)[nH]c(=O)c2C1c1ccc(C)cc1. The summed E-state index contributed by atoms with van der Waals surface area (Å²) in [6.07, 6.45) is 0. The van der Waals surface area contributed by atoms with Crippen LogP contribution in [0.4, 0.5) is 5.82 Å². The van der Waals surface area contributed by atoms with Gasteiger partial charge in [0.2, 0.25) is 0 Å². The number of aromatic amines is 1. The number of rotatable bonds is 5. The second-order valence-corrected chi connectivity index (χ2v) is 8.88. The van der Waals surface area contributed by atoms with E-state index in [9.17, 15) is 9.59 Å². The lowest BCUT2D eigenvalue weighted by Gasteiger charge is -2.28. The van der Waals surface area contributed by atoms with E-state index in [0.717, 1.165) is 16.7 Å². The predicted molar refractivity (Wildman–Crippen MR) is 127 cm³/mol. The lowest BCUT2D eigenvalue weighted by molar-refractivity contribution is -0.136. The highest BCUT2D eigenvalue weighted by Crippen LogP contribution is 2.40. The van der Waals surface area contributed by atoms with E-state index in [0.29, 0.717) is 38.6 Å². The number of hydrogen-bond acceptors (Lipinski definition) is 6. The average Bonchev–Trinajstić information content (AvgIpc) is 2.77. The van der Waals surface area contributed by atoms with Gasteiger partial charge in [0.25, 0.3) is 5.56 Å². The smallest absolute Gasteiger partial charge is 0.336 e. The van der Waals surface area contributed by atoms with Crippen LogP contribution in [0.3, 0.4) is 0 Å². The van der Waals surface area contributed by atoms with Gasteiger partial charge < -0.3 is 15.0 Å². The Balaban J connectivity index is 1.76. The Hall–Kier alpha value is -3.03. The Morgan fingerprint density at radius 2 is 1.88 bits per heavy atom. The molecule has 32 heavy (non-hydrogen) atoms. The number of H-pyrrole nitrogens is 1. The summed E-state index contributed by atoms with van der Waals surface area (Å²) in [6, 6.07) is 15.3. The van der Waals surface area contributed by atoms with Gasteiger partial charge in [0.15, 0.2) is 5.16 Å². The number of halogens is 1. The molecule has 1 aliphatic heterocycles. The number of esters is 1. The Morgan fingerprint density at radius 3 is 2.56 bits per heavy atom. The van der Waals surface area contributed by atoms with Crippen molar-refractivity contribution >= 4 is 35.1 Å². The average molecular weight is 468 g/mol. The van der Waals surface area contributed by atoms with Crippen molar-refractivity contribution in [1.82, 2.24) is 9.97 Å². The van der Waals surface area contributed by atoms with Crippen LogP contribution in [0.5, 0.6) is 0 Å². The molecule has 0 amide bonds. The molecule has 2 heterocycles. The van der Waals surface area contributed by atoms with Crippen LogP contribution in [0.15, 0.2) is 69.8 Å². The van der Waals surface area contributed by atoms with Gasteiger partial charge in [-0.3, -0.25) is 4.79 Å². The van der Waals surface area contributed by atoms with Crippen molar-refractivity contribution < 1.29 is 9.53 Å². The first-order chi connectivity index (χ1) is 15.4. The minimum Gasteiger partial charge on any atom is -0.466 e. The lowest BCUT2D eigenvalue weighted by atomic mass is 9.82. The van der Waals surface area contributed by atoms with E-state index >= 15 is 0 Å². The second kappa shape index (κ2) is 9.22. The normalized spacial score (nSPS) is 15.2. The molecule has 1 aliphatic rings. The van der Waals surface area contributed by atoms with Crippen LogP contribution in [-0.4, -0.2) is 23.0 Å². The van der Waals surface area contributed by atoms with E-state index in [2.05, 4.69) is 15.3 Å². The number of anilines is 1. The van der Waals surface area contributed by atoms with Gasteiger partial charge in [-0.25, -0.2) is 9.78 Å². The van der Waals surface area contributed by atoms with E-state index < -0.39 is 11.9 Å². The summed E-state index contributed by atoms with van der Waals surface area (Å²) in [7, 11) is 1.33. The zero-order chi connectivity index (χ0) is 22.8. The molecule has 2 N–H and O–H groups in total. The third-order valence-corrected chi connectivity index (χ3v) is 6.65. The van der Waals surface area contributed by atoms with Crippen molar-refractivity contribution in [3.63, 3.8) is 0 Å². The van der Waals surface area contributed by atoms with Crippen molar-refractivity contribution in [1.29, 1.82) is 0 Å². The molecule has 0 fully saturated rings. The van der Waals surface area contributed by atoms with E-state index in [1.54, 1.807) is 6.92 Å². The minimum absolute atomic E-state index is 0.302. The molecule has 0 saturated carbocycles. The third-order valence-electron chi connectivity index (χ3n) is 5.36. The summed E-state index contributed by atoms with van der Waals surface area (Å²) >= 11 is 7.63. The predicted octanol–water partition coefficient (Wildman–Crippen LogP) is 5.03. The number of carbonyl (C=O) groups excluding carboxylic acids is 1. The van der Waals surface area contributed by atoms with Crippen LogP contribution >= 0.6 is 23.4 Å². The summed E-state index contributed by atoms with van der Waals surface area (Å²) in [6.45, 7) is 3.77. The van der Waals surface area contributed by atoms with Crippen molar-refractivity contribution in [2.45, 2.75) is 30.7 Å². The Labute approximate surface area is 195 Å². The quantitative estimate of drug-likeness (QED) is 0.311. The molecular weight excluding hydrogens is 446 g/mol. The van der Waals surface area contributed by atoms with Gasteiger partial charge in [0.1, 0.15) is 5.82 Å². The zero-order valence-corrected chi connectivity index (χ0v) is 19.4. The molecule has 1 aromatic heterocycles. The second-order valence-electron chi connectivity index (χ2n) is 7.51. The Bertz CT molecular complexity index is 1270. The van der Waals surface area contributed by atoms with Crippen LogP contribution in [0, 0.1) is 6.92 Å². The molecule has 2 aromatic carbocycles. The van der Waals surface area contributed by atoms with Gasteiger partial charge in [-0.1, -0.05) is 71.4 Å². The molecule has 0 radical (unpaired) electrons. The highest BCUT2D eigenvalue weighted by atomic mass is 35.5. The van der Waals surface area contributed by atoms with Crippen molar-refractivity contribution in [2.75, 3.05) is 12.4 Å². The number of thioether (sulfide) groups is 1. The summed E-state index contributed by atoms with van der Waals surface area (Å²) in [4.78, 5) is 33.4. The molecule has 8 heteroatoms. The number of fused-ring (bicyclic) bond motifs is 1. The maximum Gasteiger partial charge on any atom is 0.336 e. The summed E-state index contributed by atoms with van der Waals surface area (Å²) in [5.41, 5.74) is 3.95. The largest absolute Gasteiger partial charge is 0.466 e. The van der Waals surface area contributed by atoms with Crippen LogP contribution in [-0.2, 0) is 15.3 Å². The number of aromatic nitrogens is 2. The lowest BCUT2D eigenvalue weighted by Crippen LogP contribution is -2.31. The number of carbonyl (C=O) groups is 1. The molecule has 0 bridgehead atoms. The fourth-order valence-electron chi connectivity index (χ4n) is 3.73. The molecule has 4 rings (SSSR count). The number of benzene rings is 2. The van der Waals surface area contributed by atoms with E-state index in [1.807, 2.05) is 55.5 Å². The number of nitrogens with zero attached hydrogens (tertiary/aromatic N) is 1. The van der Waals surface area contributed by atoms with Crippen LogP contribution < -0.4 is 10.9 Å². The third kappa shape index (κ3) is 4.31. The van der Waals surface area contributed by atoms with Crippen LogP contribution in [0.25, 0.3) is 0 Å². The van der Waals surface area contributed by atoms with Crippen molar-refractivity contribution in [2.24, 2.45) is 0 Å². The monoisotopic (exact) mass is 467 g/mol. The summed E-state index contributed by atoms with van der Waals surface area (Å²) in [5, 5.41) is 4.27. The van der Waals surface area contributed by atoms with Crippen molar-refractivity contribution in [3.8, 4) is 0 Å². The number of allylic oxidation sites excluding steroid dienone is 1. The van der Waals surface area contributed by atoms with E-state index in [-0.39, 0.29) is 5.56 Å². The highest BCUT2D eigenvalue weighted by Gasteiger charge is 2.36. The Kier molecular flexibility index (Phi) is 6.39. The summed E-state index contributed by atoms with van der Waals surface area (Å²) < 4.78 is 5.03. The highest BCUT2D eigenvalue weighted by molar-refractivity contribution is 7.98. The first kappa shape index (κ1) is 22.2. The zero-order valence-electron chi connectivity index (χ0n) is 17.9. The van der Waals surface area contributed by atoms with Gasteiger partial charge >= 0.3 is 5.97 Å². The van der Waals surface area contributed by atoms with Crippen LogP contribution in [0.1, 0.15) is 35.1 Å². The molecule has 1 atom stereocenters. The molecule has 0 aliphatic carbocycles. The maximum absolute atomic E-state index is 13.2. The number of nitrogens with one attached hydrogen (secondary N) is 2. The Morgan fingerprint density at radius 1 is 1.16 bits per heavy atom. The first-order valence-corrected chi connectivity index (χ1v) is 11.4. The van der Waals surface area contributed by atoms with E-state index in [4.69, 9.17) is 16.3 Å². The van der Waals surface area contributed by atoms with Gasteiger partial charge in [-0.05, 0) is 31.0 Å². The number of aryl methyl sites for hydroxylation is 1. The van der Waals surface area contributed by atoms with Gasteiger partial charge in [-0.2, -0.15) is 0 Å². The van der Waals surface area contributed by atoms with Gasteiger partial charge in [0.05, 0.1) is 24.2 Å². The van der Waals surface area contributed by atoms with Gasteiger partial charge in [0, 0.05) is 16.5 Å². The molecule has 164 valence electrons. The number of methoxy groups -OCH3 is 1. The minimum atomic E-state index is -0.585. The van der Waals surface area contributed by atoms with Gasteiger partial charge in [-0.15, -0.1) is 0 Å². The number of hydrogen-bond donors (Lipinski definition) is 2. The molecule has 6 nitrogen and oxygen atoms in total.